The van der Waals surface area contributed by atoms with E-state index in [9.17, 15) is 9.90 Å². The topological polar surface area (TPSA) is 40.2 Å². The summed E-state index contributed by atoms with van der Waals surface area (Å²) in [5.41, 5.74) is 1.06. The van der Waals surface area contributed by atoms with E-state index in [1.54, 1.807) is 4.90 Å². The van der Waals surface area contributed by atoms with Gasteiger partial charge in [0.05, 0.1) is 6.61 Å². The lowest BCUT2D eigenvalue weighted by molar-refractivity contribution is -0.135. The van der Waals surface area contributed by atoms with Gasteiger partial charge in [-0.05, 0) is 5.56 Å². The minimum atomic E-state index is -0.245. The molecule has 87 valence electrons. The molecule has 3 heteroatoms. The average molecular weight is 220 g/mol. The summed E-state index contributed by atoms with van der Waals surface area (Å²) in [5, 5.41) is 10.7. The third-order valence-electron chi connectivity index (χ3n) is 2.38. The Morgan fingerprint density at radius 3 is 2.38 bits per heavy atom. The number of nitrogens with zero attached hydrogens (tertiary/aromatic N) is 1. The highest BCUT2D eigenvalue weighted by Crippen LogP contribution is 2.08. The van der Waals surface area contributed by atoms with Gasteiger partial charge in [0.25, 0.3) is 0 Å². The molecule has 0 aliphatic carbocycles. The first kappa shape index (κ1) is 12.7. The summed E-state index contributed by atoms with van der Waals surface area (Å²) in [7, 11) is 0. The molecular weight excluding hydrogens is 202 g/mol. The molecule has 0 heterocycles. The maximum atomic E-state index is 11.8. The van der Waals surface area contributed by atoms with Crippen LogP contribution in [0.5, 0.6) is 0 Å². The highest BCUT2D eigenvalue weighted by Gasteiger charge is 2.16. The zero-order chi connectivity index (χ0) is 12.0. The highest BCUT2D eigenvalue weighted by molar-refractivity contribution is 5.78. The number of hydrogen-bond donors (Lipinski definition) is 0. The summed E-state index contributed by atoms with van der Waals surface area (Å²) < 4.78 is 0. The predicted octanol–water partition coefficient (Wildman–Crippen LogP) is 2.10. The molecule has 0 aromatic heterocycles. The largest absolute Gasteiger partial charge is 0.336 e. The second kappa shape index (κ2) is 6.28. The van der Waals surface area contributed by atoms with Crippen molar-refractivity contribution in [2.45, 2.75) is 20.4 Å². The van der Waals surface area contributed by atoms with Crippen molar-refractivity contribution >= 4 is 5.91 Å². The van der Waals surface area contributed by atoms with Gasteiger partial charge < -0.3 is 4.90 Å². The lowest BCUT2D eigenvalue weighted by atomic mass is 10.1. The number of carbonyl (C=O) groups excluding carboxylic acids is 1. The summed E-state index contributed by atoms with van der Waals surface area (Å²) in [6.07, 6.45) is 0. The normalized spacial score (nSPS) is 10.5. The van der Waals surface area contributed by atoms with Crippen LogP contribution >= 0.6 is 0 Å². The Bertz CT molecular complexity index is 322. The Morgan fingerprint density at radius 1 is 1.25 bits per heavy atom. The molecule has 0 unspecified atom stereocenters. The number of carbonyl (C=O) groups is 1. The van der Waals surface area contributed by atoms with Crippen molar-refractivity contribution in [3.63, 3.8) is 0 Å². The molecule has 16 heavy (non-hydrogen) atoms. The smallest absolute Gasteiger partial charge is 0.225 e. The molecule has 0 bridgehead atoms. The van der Waals surface area contributed by atoms with E-state index in [4.69, 9.17) is 0 Å². The van der Waals surface area contributed by atoms with Crippen LogP contribution in [0.2, 0.25) is 0 Å². The van der Waals surface area contributed by atoms with Gasteiger partial charge in [0.2, 0.25) is 5.91 Å². The number of amides is 1. The fourth-order valence-corrected chi connectivity index (χ4v) is 1.55. The van der Waals surface area contributed by atoms with Crippen LogP contribution < -0.4 is 0 Å². The highest BCUT2D eigenvalue weighted by atomic mass is 16.3. The van der Waals surface area contributed by atoms with Gasteiger partial charge in [-0.2, -0.15) is 0 Å². The van der Waals surface area contributed by atoms with Crippen molar-refractivity contribution < 1.29 is 9.90 Å². The maximum Gasteiger partial charge on any atom is 0.225 e. The summed E-state index contributed by atoms with van der Waals surface area (Å²) in [4.78, 5) is 13.5. The Hall–Kier alpha value is -1.35. The van der Waals surface area contributed by atoms with Gasteiger partial charge in [0.1, 0.15) is 0 Å². The zero-order valence-corrected chi connectivity index (χ0v) is 9.85. The third-order valence-corrected chi connectivity index (χ3v) is 2.38. The average Bonchev–Trinajstić information content (AvgIpc) is 2.29. The summed E-state index contributed by atoms with van der Waals surface area (Å²) in [5.74, 6) is -0.0186. The Balaban J connectivity index is 2.68. The number of rotatable bonds is 5. The van der Waals surface area contributed by atoms with Crippen molar-refractivity contribution in [1.82, 2.24) is 4.90 Å². The molecule has 1 aromatic rings. The Labute approximate surface area is 96.7 Å². The van der Waals surface area contributed by atoms with Gasteiger partial charge in [0, 0.05) is 19.0 Å². The second-order valence-corrected chi connectivity index (χ2v) is 4.10. The van der Waals surface area contributed by atoms with E-state index >= 15 is 0 Å². The molecule has 0 atom stereocenters. The van der Waals surface area contributed by atoms with E-state index in [2.05, 4.69) is 0 Å². The first-order valence-corrected chi connectivity index (χ1v) is 5.56. The van der Waals surface area contributed by atoms with Crippen LogP contribution in [-0.4, -0.2) is 24.0 Å². The molecule has 0 N–H and O–H groups in total. The van der Waals surface area contributed by atoms with E-state index in [1.165, 1.54) is 0 Å². The lowest BCUT2D eigenvalue weighted by Crippen LogP contribution is -2.35. The minimum absolute atomic E-state index is 0.0414. The molecular formula is C13H18NO2. The van der Waals surface area contributed by atoms with Crippen LogP contribution in [0, 0.1) is 5.92 Å². The van der Waals surface area contributed by atoms with Gasteiger partial charge in [-0.3, -0.25) is 4.79 Å². The number of benzene rings is 1. The molecule has 0 saturated carbocycles. The monoisotopic (exact) mass is 220 g/mol. The van der Waals surface area contributed by atoms with Crippen LogP contribution in [0.1, 0.15) is 19.4 Å². The number of hydrogen-bond acceptors (Lipinski definition) is 1. The van der Waals surface area contributed by atoms with Crippen LogP contribution in [-0.2, 0) is 16.4 Å². The molecule has 0 aliphatic rings. The van der Waals surface area contributed by atoms with Crippen LogP contribution in [0.3, 0.4) is 0 Å². The quantitative estimate of drug-likeness (QED) is 0.749. The van der Waals surface area contributed by atoms with E-state index in [-0.39, 0.29) is 25.0 Å². The molecule has 1 amide bonds. The zero-order valence-electron chi connectivity index (χ0n) is 9.85. The van der Waals surface area contributed by atoms with Gasteiger partial charge in [-0.1, -0.05) is 44.2 Å². The van der Waals surface area contributed by atoms with Gasteiger partial charge in [0.15, 0.2) is 0 Å². The standard InChI is InChI=1S/C13H18NO2/c1-11(2)13(16)14(8-9-15)10-12-6-4-3-5-7-12/h3-7,11H,8-10H2,1-2H3. The van der Waals surface area contributed by atoms with Crippen molar-refractivity contribution in [2.24, 2.45) is 5.92 Å². The Kier molecular flexibility index (Phi) is 4.99. The van der Waals surface area contributed by atoms with Gasteiger partial charge >= 0.3 is 0 Å². The molecule has 3 nitrogen and oxygen atoms in total. The van der Waals surface area contributed by atoms with Crippen LogP contribution in [0.25, 0.3) is 0 Å². The summed E-state index contributed by atoms with van der Waals surface area (Å²) >= 11 is 0. The molecule has 0 aliphatic heterocycles. The summed E-state index contributed by atoms with van der Waals surface area (Å²) in [6.45, 7) is 4.27. The van der Waals surface area contributed by atoms with Crippen molar-refractivity contribution in [3.8, 4) is 0 Å². The second-order valence-electron chi connectivity index (χ2n) is 4.10. The van der Waals surface area contributed by atoms with Gasteiger partial charge in [-0.15, -0.1) is 0 Å². The molecule has 0 saturated heterocycles. The first-order chi connectivity index (χ1) is 7.65. The third kappa shape index (κ3) is 3.66. The van der Waals surface area contributed by atoms with E-state index in [0.717, 1.165) is 5.56 Å². The first-order valence-electron chi connectivity index (χ1n) is 5.56. The van der Waals surface area contributed by atoms with Crippen molar-refractivity contribution in [2.75, 3.05) is 13.2 Å². The van der Waals surface area contributed by atoms with E-state index < -0.39 is 0 Å². The maximum absolute atomic E-state index is 11.8. The molecule has 0 spiro atoms. The van der Waals surface area contributed by atoms with Crippen molar-refractivity contribution in [1.29, 1.82) is 0 Å². The molecule has 1 rings (SSSR count). The minimum Gasteiger partial charge on any atom is -0.336 e. The van der Waals surface area contributed by atoms with Gasteiger partial charge in [-0.25, -0.2) is 5.11 Å². The predicted molar refractivity (Wildman–Crippen MR) is 62.3 cm³/mol. The Morgan fingerprint density at radius 2 is 1.88 bits per heavy atom. The molecule has 1 aromatic carbocycles. The lowest BCUT2D eigenvalue weighted by Gasteiger charge is -2.23. The van der Waals surface area contributed by atoms with Crippen molar-refractivity contribution in [3.05, 3.63) is 35.9 Å². The summed E-state index contributed by atoms with van der Waals surface area (Å²) in [6, 6.07) is 9.73. The van der Waals surface area contributed by atoms with E-state index in [0.29, 0.717) is 6.54 Å². The van der Waals surface area contributed by atoms with Crippen LogP contribution in [0.15, 0.2) is 30.3 Å². The molecule has 0 fully saturated rings. The van der Waals surface area contributed by atoms with E-state index in [1.807, 2.05) is 44.2 Å². The fourth-order valence-electron chi connectivity index (χ4n) is 1.55. The SMILES string of the molecule is CC(C)C(=O)N(CC[O])Cc1ccccc1. The van der Waals surface area contributed by atoms with Crippen LogP contribution in [0.4, 0.5) is 0 Å². The fraction of sp³-hybridized carbons (Fsp3) is 0.462. The molecule has 1 radical (unpaired) electrons.